The molecule has 64 valence electrons. The van der Waals surface area contributed by atoms with Gasteiger partial charge in [-0.15, -0.1) is 0 Å². The first-order valence-electron chi connectivity index (χ1n) is 3.52. The van der Waals surface area contributed by atoms with Gasteiger partial charge in [0.05, 0.1) is 0 Å². The Bertz CT molecular complexity index is 280. The van der Waals surface area contributed by atoms with Crippen LogP contribution in [0.3, 0.4) is 0 Å². The number of nitrogens with zero attached hydrogens (tertiary/aromatic N) is 1. The van der Waals surface area contributed by atoms with E-state index in [0.717, 1.165) is 5.56 Å². The molecule has 5 heteroatoms. The van der Waals surface area contributed by atoms with E-state index in [1.165, 1.54) is 0 Å². The first-order valence-corrected chi connectivity index (χ1v) is 4.31. The summed E-state index contributed by atoms with van der Waals surface area (Å²) in [5, 5.41) is 18.0. The quantitative estimate of drug-likeness (QED) is 0.532. The van der Waals surface area contributed by atoms with Crippen LogP contribution >= 0.6 is 15.9 Å². The molecule has 3 nitrogen and oxygen atoms in total. The van der Waals surface area contributed by atoms with E-state index in [-0.39, 0.29) is 0 Å². The normalized spacial score (nSPS) is 10.1. The highest BCUT2D eigenvalue weighted by molar-refractivity contribution is 9.10. The Morgan fingerprint density at radius 2 is 2.00 bits per heavy atom. The first kappa shape index (κ1) is 9.70. The van der Waals surface area contributed by atoms with Crippen LogP contribution in [0.5, 0.6) is 0 Å². The number of hydrogen-bond acceptors (Lipinski definition) is 3. The highest BCUT2D eigenvalue weighted by Crippen LogP contribution is 2.08. The van der Waals surface area contributed by atoms with E-state index in [1.54, 1.807) is 13.0 Å². The van der Waals surface area contributed by atoms with Gasteiger partial charge in [-0.05, 0) is 41.4 Å². The van der Waals surface area contributed by atoms with Crippen LogP contribution in [0, 0.1) is 13.8 Å². The highest BCUT2D eigenvalue weighted by Gasteiger charge is 2.17. The van der Waals surface area contributed by atoms with E-state index in [0.29, 0.717) is 15.8 Å². The van der Waals surface area contributed by atoms with Crippen LogP contribution in [0.4, 0.5) is 0 Å². The monoisotopic (exact) mass is 229 g/mol. The second-order valence-corrected chi connectivity index (χ2v) is 3.45. The second-order valence-electron chi connectivity index (χ2n) is 2.63. The van der Waals surface area contributed by atoms with Gasteiger partial charge in [0.25, 0.3) is 0 Å². The van der Waals surface area contributed by atoms with Crippen molar-refractivity contribution in [1.29, 1.82) is 0 Å². The molecule has 0 unspecified atom stereocenters. The Hall–Kier alpha value is -0.385. The molecule has 1 heterocycles. The molecule has 0 radical (unpaired) electrons. The molecule has 0 spiro atoms. The molecule has 0 fully saturated rings. The number of rotatable bonds is 1. The topological polar surface area (TPSA) is 53.4 Å². The number of hydrogen-bond donors (Lipinski definition) is 2. The highest BCUT2D eigenvalue weighted by atomic mass is 79.9. The summed E-state index contributed by atoms with van der Waals surface area (Å²) in [6, 6.07) is 1.75. The third-order valence-electron chi connectivity index (χ3n) is 1.68. The summed E-state index contributed by atoms with van der Waals surface area (Å²) in [4.78, 5) is 4.05. The first-order chi connectivity index (χ1) is 5.52. The summed E-state index contributed by atoms with van der Waals surface area (Å²) in [6.45, 7) is 3.56. The molecular weight excluding hydrogens is 221 g/mol. The maximum atomic E-state index is 8.98. The average molecular weight is 230 g/mol. The zero-order valence-electron chi connectivity index (χ0n) is 6.87. The zero-order chi connectivity index (χ0) is 9.30. The van der Waals surface area contributed by atoms with Gasteiger partial charge >= 0.3 is 7.12 Å². The molecular formula is C7H9BBrNO2. The minimum Gasteiger partial charge on any atom is -0.423 e. The minimum absolute atomic E-state index is 0.484. The molecule has 0 aliphatic heterocycles. The van der Waals surface area contributed by atoms with E-state index >= 15 is 0 Å². The summed E-state index contributed by atoms with van der Waals surface area (Å²) in [5.41, 5.74) is 1.94. The third kappa shape index (κ3) is 1.85. The van der Waals surface area contributed by atoms with E-state index in [2.05, 4.69) is 20.9 Å². The van der Waals surface area contributed by atoms with E-state index in [4.69, 9.17) is 10.0 Å². The number of aromatic nitrogens is 1. The van der Waals surface area contributed by atoms with Crippen molar-refractivity contribution >= 4 is 28.5 Å². The van der Waals surface area contributed by atoms with Crippen molar-refractivity contribution in [3.05, 3.63) is 21.9 Å². The Morgan fingerprint density at radius 3 is 2.42 bits per heavy atom. The lowest BCUT2D eigenvalue weighted by atomic mass is 9.76. The number of pyridine rings is 1. The van der Waals surface area contributed by atoms with Crippen molar-refractivity contribution in [3.63, 3.8) is 0 Å². The van der Waals surface area contributed by atoms with Gasteiger partial charge in [0.15, 0.2) is 0 Å². The van der Waals surface area contributed by atoms with Crippen molar-refractivity contribution in [2.45, 2.75) is 13.8 Å². The van der Waals surface area contributed by atoms with Crippen molar-refractivity contribution in [1.82, 2.24) is 4.98 Å². The summed E-state index contributed by atoms with van der Waals surface area (Å²) < 4.78 is 0.710. The molecule has 12 heavy (non-hydrogen) atoms. The zero-order valence-corrected chi connectivity index (χ0v) is 8.46. The molecule has 0 saturated carbocycles. The van der Waals surface area contributed by atoms with E-state index < -0.39 is 7.12 Å². The lowest BCUT2D eigenvalue weighted by molar-refractivity contribution is 0.425. The van der Waals surface area contributed by atoms with Crippen LogP contribution in [0.1, 0.15) is 11.3 Å². The molecule has 1 aromatic rings. The van der Waals surface area contributed by atoms with Crippen molar-refractivity contribution in [3.8, 4) is 0 Å². The van der Waals surface area contributed by atoms with Gasteiger partial charge in [0.2, 0.25) is 0 Å². The Kier molecular flexibility index (Phi) is 2.87. The summed E-state index contributed by atoms with van der Waals surface area (Å²) >= 11 is 3.22. The summed E-state index contributed by atoms with van der Waals surface area (Å²) in [6.07, 6.45) is 0. The number of halogens is 1. The van der Waals surface area contributed by atoms with Crippen LogP contribution in [0.2, 0.25) is 0 Å². The van der Waals surface area contributed by atoms with Gasteiger partial charge in [-0.3, -0.25) is 0 Å². The van der Waals surface area contributed by atoms with Crippen molar-refractivity contribution in [2.24, 2.45) is 0 Å². The van der Waals surface area contributed by atoms with Gasteiger partial charge in [-0.25, -0.2) is 4.98 Å². The fourth-order valence-electron chi connectivity index (χ4n) is 1.18. The molecule has 1 aromatic heterocycles. The largest absolute Gasteiger partial charge is 0.490 e. The third-order valence-corrected chi connectivity index (χ3v) is 2.09. The Labute approximate surface area is 79.7 Å². The molecule has 2 N–H and O–H groups in total. The molecule has 0 aromatic carbocycles. The Morgan fingerprint density at radius 1 is 1.42 bits per heavy atom. The van der Waals surface area contributed by atoms with Crippen molar-refractivity contribution in [2.75, 3.05) is 0 Å². The SMILES string of the molecule is Cc1cc(Br)nc(C)c1B(O)O. The van der Waals surface area contributed by atoms with E-state index in [9.17, 15) is 0 Å². The van der Waals surface area contributed by atoms with Gasteiger partial charge < -0.3 is 10.0 Å². The summed E-state index contributed by atoms with van der Waals surface area (Å²) in [5.74, 6) is 0. The lowest BCUT2D eigenvalue weighted by Gasteiger charge is -2.07. The molecule has 0 amide bonds. The van der Waals surface area contributed by atoms with Gasteiger partial charge in [-0.1, -0.05) is 0 Å². The van der Waals surface area contributed by atoms with Crippen LogP contribution in [-0.2, 0) is 0 Å². The Balaban J connectivity index is 3.28. The van der Waals surface area contributed by atoms with Gasteiger partial charge in [0.1, 0.15) is 4.60 Å². The van der Waals surface area contributed by atoms with Gasteiger partial charge in [0, 0.05) is 11.2 Å². The predicted octanol–water partition coefficient (Wildman–Crippen LogP) is 0.141. The summed E-state index contributed by atoms with van der Waals surface area (Å²) in [7, 11) is -1.44. The number of aryl methyl sites for hydroxylation is 2. The molecule has 1 rings (SSSR count). The molecule has 0 bridgehead atoms. The lowest BCUT2D eigenvalue weighted by Crippen LogP contribution is -2.35. The molecule has 0 aliphatic carbocycles. The predicted molar refractivity (Wildman–Crippen MR) is 51.2 cm³/mol. The van der Waals surface area contributed by atoms with Crippen LogP contribution < -0.4 is 5.46 Å². The smallest absolute Gasteiger partial charge is 0.423 e. The molecule has 0 aliphatic rings. The van der Waals surface area contributed by atoms with Crippen molar-refractivity contribution < 1.29 is 10.0 Å². The maximum Gasteiger partial charge on any atom is 0.490 e. The second kappa shape index (κ2) is 3.55. The van der Waals surface area contributed by atoms with Crippen LogP contribution in [0.25, 0.3) is 0 Å². The van der Waals surface area contributed by atoms with E-state index in [1.807, 2.05) is 6.92 Å². The molecule has 0 atom stereocenters. The minimum atomic E-state index is -1.44. The standard InChI is InChI=1S/C7H9BBrNO2/c1-4-3-6(9)10-5(2)7(4)8(11)12/h3,11-12H,1-2H3. The van der Waals surface area contributed by atoms with Crippen LogP contribution in [0.15, 0.2) is 10.7 Å². The average Bonchev–Trinajstić information content (AvgIpc) is 1.82. The maximum absolute atomic E-state index is 8.98. The van der Waals surface area contributed by atoms with Crippen LogP contribution in [-0.4, -0.2) is 22.2 Å². The van der Waals surface area contributed by atoms with Gasteiger partial charge in [-0.2, -0.15) is 0 Å². The molecule has 0 saturated heterocycles. The fourth-order valence-corrected chi connectivity index (χ4v) is 1.79. The fraction of sp³-hybridized carbons (Fsp3) is 0.286.